The molecule has 20 heavy (non-hydrogen) atoms. The summed E-state index contributed by atoms with van der Waals surface area (Å²) in [5, 5.41) is 4.27. The van der Waals surface area contributed by atoms with E-state index < -0.39 is 0 Å². The lowest BCUT2D eigenvalue weighted by Gasteiger charge is -2.37. The molecule has 0 radical (unpaired) electrons. The maximum Gasteiger partial charge on any atom is 0.0240 e. The van der Waals surface area contributed by atoms with Crippen LogP contribution >= 0.6 is 11.8 Å². The Labute approximate surface area is 128 Å². The maximum absolute atomic E-state index is 3.53. The van der Waals surface area contributed by atoms with Crippen molar-refractivity contribution in [1.82, 2.24) is 10.2 Å². The van der Waals surface area contributed by atoms with Gasteiger partial charge in [0, 0.05) is 36.7 Å². The highest BCUT2D eigenvalue weighted by atomic mass is 32.2. The van der Waals surface area contributed by atoms with Crippen LogP contribution in [0.3, 0.4) is 0 Å². The number of hydrogen-bond donors (Lipinski definition) is 1. The molecule has 1 aliphatic heterocycles. The van der Waals surface area contributed by atoms with Gasteiger partial charge in [-0.3, -0.25) is 4.90 Å². The molecule has 2 rings (SSSR count). The SMILES string of the molecule is CCCNCc1ccccc1CN1CCSC(C)C1C. The molecule has 0 aliphatic carbocycles. The van der Waals surface area contributed by atoms with Gasteiger partial charge in [-0.1, -0.05) is 38.1 Å². The summed E-state index contributed by atoms with van der Waals surface area (Å²) in [6.45, 7) is 11.3. The third-order valence-corrected chi connectivity index (χ3v) is 5.59. The second-order valence-corrected chi connectivity index (χ2v) is 7.22. The Morgan fingerprint density at radius 1 is 1.25 bits per heavy atom. The molecule has 1 aromatic rings. The van der Waals surface area contributed by atoms with Crippen LogP contribution in [-0.2, 0) is 13.1 Å². The molecule has 0 aromatic heterocycles. The Morgan fingerprint density at radius 3 is 2.75 bits per heavy atom. The van der Waals surface area contributed by atoms with E-state index in [2.05, 4.69) is 67.0 Å². The minimum absolute atomic E-state index is 0.672. The second kappa shape index (κ2) is 8.06. The Bertz CT molecular complexity index is 408. The van der Waals surface area contributed by atoms with Crippen molar-refractivity contribution in [3.05, 3.63) is 35.4 Å². The monoisotopic (exact) mass is 292 g/mol. The van der Waals surface area contributed by atoms with Crippen molar-refractivity contribution in [2.45, 2.75) is 51.6 Å². The molecular weight excluding hydrogens is 264 g/mol. The van der Waals surface area contributed by atoms with Crippen molar-refractivity contribution < 1.29 is 0 Å². The van der Waals surface area contributed by atoms with Gasteiger partial charge in [-0.2, -0.15) is 11.8 Å². The third-order valence-electron chi connectivity index (χ3n) is 4.25. The van der Waals surface area contributed by atoms with E-state index in [1.165, 1.54) is 29.8 Å². The molecular formula is C17H28N2S. The molecule has 1 fully saturated rings. The second-order valence-electron chi connectivity index (χ2n) is 5.73. The van der Waals surface area contributed by atoms with Gasteiger partial charge in [0.2, 0.25) is 0 Å². The molecule has 0 saturated carbocycles. The van der Waals surface area contributed by atoms with Crippen LogP contribution in [0.15, 0.2) is 24.3 Å². The zero-order valence-corrected chi connectivity index (χ0v) is 13.9. The molecule has 2 atom stereocenters. The molecule has 0 spiro atoms. The summed E-state index contributed by atoms with van der Waals surface area (Å²) in [4.78, 5) is 2.64. The van der Waals surface area contributed by atoms with Crippen LogP contribution in [-0.4, -0.2) is 35.0 Å². The van der Waals surface area contributed by atoms with Gasteiger partial charge >= 0.3 is 0 Å². The summed E-state index contributed by atoms with van der Waals surface area (Å²) in [5.41, 5.74) is 2.95. The van der Waals surface area contributed by atoms with E-state index in [0.29, 0.717) is 6.04 Å². The Hall–Kier alpha value is -0.510. The van der Waals surface area contributed by atoms with Crippen LogP contribution < -0.4 is 5.32 Å². The normalized spacial score (nSPS) is 23.9. The van der Waals surface area contributed by atoms with Crippen LogP contribution in [0.5, 0.6) is 0 Å². The topological polar surface area (TPSA) is 15.3 Å². The minimum Gasteiger partial charge on any atom is -0.313 e. The van der Waals surface area contributed by atoms with Gasteiger partial charge in [0.25, 0.3) is 0 Å². The number of rotatable bonds is 6. The molecule has 0 amide bonds. The zero-order chi connectivity index (χ0) is 14.4. The van der Waals surface area contributed by atoms with Gasteiger partial charge < -0.3 is 5.32 Å². The highest BCUT2D eigenvalue weighted by molar-refractivity contribution is 8.00. The molecule has 1 N–H and O–H groups in total. The van der Waals surface area contributed by atoms with Gasteiger partial charge in [0.05, 0.1) is 0 Å². The molecule has 1 aliphatic rings. The summed E-state index contributed by atoms with van der Waals surface area (Å²) in [6.07, 6.45) is 1.19. The molecule has 1 aromatic carbocycles. The largest absolute Gasteiger partial charge is 0.313 e. The van der Waals surface area contributed by atoms with Gasteiger partial charge in [-0.25, -0.2) is 0 Å². The van der Waals surface area contributed by atoms with Gasteiger partial charge in [0.1, 0.15) is 0 Å². The minimum atomic E-state index is 0.672. The van der Waals surface area contributed by atoms with Crippen molar-refractivity contribution in [1.29, 1.82) is 0 Å². The van der Waals surface area contributed by atoms with E-state index >= 15 is 0 Å². The smallest absolute Gasteiger partial charge is 0.0240 e. The first-order chi connectivity index (χ1) is 9.72. The third kappa shape index (κ3) is 4.24. The Morgan fingerprint density at radius 2 is 2.00 bits per heavy atom. The first-order valence-corrected chi connectivity index (χ1v) is 8.90. The van der Waals surface area contributed by atoms with Gasteiger partial charge in [-0.15, -0.1) is 0 Å². The van der Waals surface area contributed by atoms with E-state index in [9.17, 15) is 0 Å². The molecule has 2 unspecified atom stereocenters. The number of nitrogens with zero attached hydrogens (tertiary/aromatic N) is 1. The fourth-order valence-corrected chi connectivity index (χ4v) is 3.88. The molecule has 1 heterocycles. The summed E-state index contributed by atoms with van der Waals surface area (Å²) in [7, 11) is 0. The lowest BCUT2D eigenvalue weighted by atomic mass is 10.1. The quantitative estimate of drug-likeness (QED) is 0.808. The Kier molecular flexibility index (Phi) is 6.40. The van der Waals surface area contributed by atoms with E-state index in [1.54, 1.807) is 0 Å². The zero-order valence-electron chi connectivity index (χ0n) is 13.1. The first-order valence-electron chi connectivity index (χ1n) is 7.85. The highest BCUT2D eigenvalue weighted by Crippen LogP contribution is 2.26. The van der Waals surface area contributed by atoms with E-state index in [-0.39, 0.29) is 0 Å². The average molecular weight is 292 g/mol. The van der Waals surface area contributed by atoms with E-state index in [1.807, 2.05) is 0 Å². The van der Waals surface area contributed by atoms with E-state index in [0.717, 1.165) is 24.9 Å². The van der Waals surface area contributed by atoms with Crippen LogP contribution in [0, 0.1) is 0 Å². The predicted octanol–water partition coefficient (Wildman–Crippen LogP) is 3.51. The fourth-order valence-electron chi connectivity index (χ4n) is 2.72. The van der Waals surface area contributed by atoms with Gasteiger partial charge in [-0.05, 0) is 31.0 Å². The van der Waals surface area contributed by atoms with Crippen LogP contribution in [0.25, 0.3) is 0 Å². The molecule has 0 bridgehead atoms. The lowest BCUT2D eigenvalue weighted by molar-refractivity contribution is 0.204. The van der Waals surface area contributed by atoms with E-state index in [4.69, 9.17) is 0 Å². The van der Waals surface area contributed by atoms with Crippen molar-refractivity contribution in [2.24, 2.45) is 0 Å². The van der Waals surface area contributed by atoms with Crippen LogP contribution in [0.1, 0.15) is 38.3 Å². The molecule has 3 heteroatoms. The lowest BCUT2D eigenvalue weighted by Crippen LogP contribution is -2.44. The molecule has 1 saturated heterocycles. The maximum atomic E-state index is 3.53. The first kappa shape index (κ1) is 15.9. The number of thioether (sulfide) groups is 1. The average Bonchev–Trinajstić information content (AvgIpc) is 2.46. The van der Waals surface area contributed by atoms with Gasteiger partial charge in [0.15, 0.2) is 0 Å². The van der Waals surface area contributed by atoms with Crippen molar-refractivity contribution in [3.8, 4) is 0 Å². The van der Waals surface area contributed by atoms with Crippen LogP contribution in [0.4, 0.5) is 0 Å². The molecule has 2 nitrogen and oxygen atoms in total. The summed E-state index contributed by atoms with van der Waals surface area (Å²) in [6, 6.07) is 9.56. The van der Waals surface area contributed by atoms with Crippen molar-refractivity contribution in [2.75, 3.05) is 18.8 Å². The van der Waals surface area contributed by atoms with Crippen molar-refractivity contribution >= 4 is 11.8 Å². The summed E-state index contributed by atoms with van der Waals surface area (Å²) >= 11 is 2.11. The summed E-state index contributed by atoms with van der Waals surface area (Å²) in [5.74, 6) is 1.27. The highest BCUT2D eigenvalue weighted by Gasteiger charge is 2.25. The standard InChI is InChI=1S/C17H28N2S/c1-4-9-18-12-16-7-5-6-8-17(16)13-19-10-11-20-15(3)14(19)2/h5-8,14-15,18H,4,9-13H2,1-3H3. The number of hydrogen-bond acceptors (Lipinski definition) is 3. The number of nitrogens with one attached hydrogen (secondary N) is 1. The summed E-state index contributed by atoms with van der Waals surface area (Å²) < 4.78 is 0. The Balaban J connectivity index is 2.00. The number of benzene rings is 1. The predicted molar refractivity (Wildman–Crippen MR) is 90.2 cm³/mol. The van der Waals surface area contributed by atoms with Crippen molar-refractivity contribution in [3.63, 3.8) is 0 Å². The molecule has 112 valence electrons. The van der Waals surface area contributed by atoms with Crippen LogP contribution in [0.2, 0.25) is 0 Å². The fraction of sp³-hybridized carbons (Fsp3) is 0.647.